The van der Waals surface area contributed by atoms with E-state index in [9.17, 15) is 18.3 Å². The number of hydrogen-bond donors (Lipinski definition) is 2. The van der Waals surface area contributed by atoms with Crippen LogP contribution in [0.4, 0.5) is 13.2 Å². The monoisotopic (exact) mass is 402 g/mol. The average Bonchev–Trinajstić information content (AvgIpc) is 2.50. The van der Waals surface area contributed by atoms with E-state index in [1.807, 2.05) is 0 Å². The number of phenolic OH excluding ortho intramolecular Hbond substituents is 1. The fourth-order valence-corrected chi connectivity index (χ4v) is 2.80. The van der Waals surface area contributed by atoms with Crippen LogP contribution in [-0.4, -0.2) is 42.5 Å². The first kappa shape index (κ1) is 23.9. The molecule has 1 aromatic rings. The minimum Gasteiger partial charge on any atom is -0.508 e. The van der Waals surface area contributed by atoms with Gasteiger partial charge in [0.1, 0.15) is 11.5 Å². The second-order valence-corrected chi connectivity index (χ2v) is 5.44. The molecule has 1 heterocycles. The highest BCUT2D eigenvalue weighted by atomic mass is 35.5. The Kier molecular flexibility index (Phi) is 10.3. The number of nitrogens with one attached hydrogen (secondary N) is 1. The zero-order chi connectivity index (χ0) is 16.9. The predicted molar refractivity (Wildman–Crippen MR) is 95.9 cm³/mol. The first-order chi connectivity index (χ1) is 10.9. The van der Waals surface area contributed by atoms with Crippen molar-refractivity contribution in [3.05, 3.63) is 36.4 Å². The van der Waals surface area contributed by atoms with Crippen LogP contribution in [0, 0.1) is 0 Å². The number of piperazine rings is 1. The number of rotatable bonds is 6. The van der Waals surface area contributed by atoms with Crippen LogP contribution in [0.5, 0.6) is 11.5 Å². The lowest BCUT2D eigenvalue weighted by molar-refractivity contribution is -0.274. The molecule has 1 aliphatic heterocycles. The molecule has 0 amide bonds. The van der Waals surface area contributed by atoms with Crippen molar-refractivity contribution in [1.82, 2.24) is 10.2 Å². The van der Waals surface area contributed by atoms with Gasteiger partial charge in [0.25, 0.3) is 0 Å². The van der Waals surface area contributed by atoms with Crippen molar-refractivity contribution in [3.8, 4) is 11.5 Å². The maximum absolute atomic E-state index is 12.4. The van der Waals surface area contributed by atoms with Gasteiger partial charge in [-0.25, -0.2) is 0 Å². The van der Waals surface area contributed by atoms with Crippen LogP contribution in [0.1, 0.15) is 24.4 Å². The van der Waals surface area contributed by atoms with Gasteiger partial charge < -0.3 is 15.2 Å². The van der Waals surface area contributed by atoms with Gasteiger partial charge in [-0.3, -0.25) is 4.90 Å². The van der Waals surface area contributed by atoms with E-state index in [0.29, 0.717) is 18.4 Å². The molecule has 1 aromatic carbocycles. The zero-order valence-electron chi connectivity index (χ0n) is 13.6. The smallest absolute Gasteiger partial charge is 0.508 e. The summed E-state index contributed by atoms with van der Waals surface area (Å²) in [5, 5.41) is 13.4. The number of allylic oxidation sites excluding steroid dienone is 1. The number of hydrogen-bond acceptors (Lipinski definition) is 4. The van der Waals surface area contributed by atoms with Crippen LogP contribution in [0.2, 0.25) is 0 Å². The van der Waals surface area contributed by atoms with Crippen LogP contribution in [0.3, 0.4) is 0 Å². The molecule has 0 radical (unpaired) electrons. The highest BCUT2D eigenvalue weighted by molar-refractivity contribution is 5.85. The molecule has 1 atom stereocenters. The Labute approximate surface area is 157 Å². The summed E-state index contributed by atoms with van der Waals surface area (Å²) < 4.78 is 41.2. The van der Waals surface area contributed by atoms with Crippen LogP contribution < -0.4 is 10.1 Å². The summed E-state index contributed by atoms with van der Waals surface area (Å²) in [7, 11) is 0. The number of phenols is 1. The van der Waals surface area contributed by atoms with Gasteiger partial charge in [0, 0.05) is 37.8 Å². The Hall–Kier alpha value is -1.15. The van der Waals surface area contributed by atoms with Gasteiger partial charge in [-0.05, 0) is 31.0 Å². The second-order valence-electron chi connectivity index (χ2n) is 5.44. The topological polar surface area (TPSA) is 44.7 Å². The highest BCUT2D eigenvalue weighted by Gasteiger charge is 2.32. The Morgan fingerprint density at radius 1 is 1.28 bits per heavy atom. The third-order valence-corrected chi connectivity index (χ3v) is 3.83. The molecule has 0 spiro atoms. The third-order valence-electron chi connectivity index (χ3n) is 3.83. The normalized spacial score (nSPS) is 16.3. The fraction of sp³-hybridized carbons (Fsp3) is 0.500. The summed E-state index contributed by atoms with van der Waals surface area (Å²) in [5.74, 6) is -0.337. The van der Waals surface area contributed by atoms with Crippen molar-refractivity contribution < 1.29 is 23.0 Å². The molecule has 4 nitrogen and oxygen atoms in total. The lowest BCUT2D eigenvalue weighted by atomic mass is 9.98. The molecule has 0 aliphatic carbocycles. The number of ether oxygens (including phenoxy) is 1. The Morgan fingerprint density at radius 2 is 1.92 bits per heavy atom. The maximum Gasteiger partial charge on any atom is 0.573 e. The van der Waals surface area contributed by atoms with E-state index in [1.165, 1.54) is 12.1 Å². The van der Waals surface area contributed by atoms with Crippen LogP contribution in [-0.2, 0) is 0 Å². The van der Waals surface area contributed by atoms with Crippen LogP contribution >= 0.6 is 24.8 Å². The number of halogens is 5. The molecule has 1 aliphatic rings. The van der Waals surface area contributed by atoms with Gasteiger partial charge in [-0.1, -0.05) is 6.08 Å². The van der Waals surface area contributed by atoms with E-state index in [1.54, 1.807) is 6.08 Å². The molecule has 1 fully saturated rings. The molecular formula is C16H23Cl2F3N2O2. The van der Waals surface area contributed by atoms with Crippen molar-refractivity contribution in [1.29, 1.82) is 0 Å². The summed E-state index contributed by atoms with van der Waals surface area (Å²) in [4.78, 5) is 2.16. The lowest BCUT2D eigenvalue weighted by Gasteiger charge is -2.35. The molecule has 0 saturated carbocycles. The fourth-order valence-electron chi connectivity index (χ4n) is 2.80. The molecule has 0 aromatic heterocycles. The number of benzene rings is 1. The quantitative estimate of drug-likeness (QED) is 0.704. The Morgan fingerprint density at radius 3 is 2.48 bits per heavy atom. The van der Waals surface area contributed by atoms with Crippen LogP contribution in [0.25, 0.3) is 0 Å². The summed E-state index contributed by atoms with van der Waals surface area (Å²) in [6.07, 6.45) is -1.60. The zero-order valence-corrected chi connectivity index (χ0v) is 15.2. The van der Waals surface area contributed by atoms with Gasteiger partial charge in [0.15, 0.2) is 0 Å². The SMILES string of the molecule is C=CCC[C@H](c1cc(OC(F)(F)F)ccc1O)N1CCNCC1.Cl.Cl. The minimum absolute atomic E-state index is 0. The first-order valence-electron chi connectivity index (χ1n) is 7.55. The van der Waals surface area contributed by atoms with Crippen molar-refractivity contribution in [2.24, 2.45) is 0 Å². The van der Waals surface area contributed by atoms with Crippen molar-refractivity contribution >= 4 is 24.8 Å². The molecule has 25 heavy (non-hydrogen) atoms. The molecule has 2 N–H and O–H groups in total. The van der Waals surface area contributed by atoms with Crippen molar-refractivity contribution in [3.63, 3.8) is 0 Å². The summed E-state index contributed by atoms with van der Waals surface area (Å²) in [6, 6.07) is 3.47. The average molecular weight is 403 g/mol. The highest BCUT2D eigenvalue weighted by Crippen LogP contribution is 2.36. The van der Waals surface area contributed by atoms with Gasteiger partial charge in [0.2, 0.25) is 0 Å². The molecule has 0 unspecified atom stereocenters. The van der Waals surface area contributed by atoms with Gasteiger partial charge >= 0.3 is 6.36 Å². The van der Waals surface area contributed by atoms with Crippen LogP contribution in [0.15, 0.2) is 30.9 Å². The van der Waals surface area contributed by atoms with E-state index < -0.39 is 6.36 Å². The van der Waals surface area contributed by atoms with E-state index in [4.69, 9.17) is 0 Å². The predicted octanol–water partition coefficient (Wildman–Crippen LogP) is 4.05. The van der Waals surface area contributed by atoms with Gasteiger partial charge in [0.05, 0.1) is 0 Å². The number of aromatic hydroxyl groups is 1. The number of nitrogens with zero attached hydrogens (tertiary/aromatic N) is 1. The number of alkyl halides is 3. The van der Waals surface area contributed by atoms with Crippen molar-refractivity contribution in [2.45, 2.75) is 25.2 Å². The molecule has 1 saturated heterocycles. The molecule has 2 rings (SSSR count). The van der Waals surface area contributed by atoms with Crippen molar-refractivity contribution in [2.75, 3.05) is 26.2 Å². The largest absolute Gasteiger partial charge is 0.573 e. The minimum atomic E-state index is -4.75. The lowest BCUT2D eigenvalue weighted by Crippen LogP contribution is -2.45. The molecule has 144 valence electrons. The molecule has 0 bridgehead atoms. The maximum atomic E-state index is 12.4. The van der Waals surface area contributed by atoms with Gasteiger partial charge in [-0.15, -0.1) is 44.6 Å². The van der Waals surface area contributed by atoms with Gasteiger partial charge in [-0.2, -0.15) is 0 Å². The van der Waals surface area contributed by atoms with E-state index >= 15 is 0 Å². The van der Waals surface area contributed by atoms with E-state index in [0.717, 1.165) is 32.2 Å². The summed E-state index contributed by atoms with van der Waals surface area (Å²) in [6.45, 7) is 6.85. The third kappa shape index (κ3) is 7.32. The first-order valence-corrected chi connectivity index (χ1v) is 7.55. The Bertz CT molecular complexity index is 539. The van der Waals surface area contributed by atoms with E-state index in [2.05, 4.69) is 21.5 Å². The standard InChI is InChI=1S/C16H21F3N2O2.2ClH/c1-2-3-4-14(21-9-7-20-8-10-21)13-11-12(5-6-15(13)22)23-16(17,18)19;;/h2,5-6,11,14,20,22H,1,3-4,7-10H2;2*1H/t14-;;/m1../s1. The Balaban J connectivity index is 0.00000288. The molecular weight excluding hydrogens is 380 g/mol. The summed E-state index contributed by atoms with van der Waals surface area (Å²) >= 11 is 0. The second kappa shape index (κ2) is 10.8. The van der Waals surface area contributed by atoms with E-state index in [-0.39, 0.29) is 42.4 Å². The molecule has 9 heteroatoms. The summed E-state index contributed by atoms with van der Waals surface area (Å²) in [5.41, 5.74) is 0.454.